The van der Waals surface area contributed by atoms with E-state index in [1.165, 1.54) is 6.26 Å². The summed E-state index contributed by atoms with van der Waals surface area (Å²) in [5.74, 6) is 0.525. The summed E-state index contributed by atoms with van der Waals surface area (Å²) in [6.07, 6.45) is 1.54. The predicted molar refractivity (Wildman–Crippen MR) is 76.4 cm³/mol. The summed E-state index contributed by atoms with van der Waals surface area (Å²) >= 11 is 12.0. The molecule has 1 aromatic heterocycles. The lowest BCUT2D eigenvalue weighted by molar-refractivity contribution is 0.0340. The van der Waals surface area contributed by atoms with Crippen molar-refractivity contribution < 1.29 is 9.52 Å². The first kappa shape index (κ1) is 14.4. The fourth-order valence-corrected chi connectivity index (χ4v) is 2.18. The quantitative estimate of drug-likeness (QED) is 0.887. The lowest BCUT2D eigenvalue weighted by Gasteiger charge is -2.21. The van der Waals surface area contributed by atoms with E-state index in [-0.39, 0.29) is 0 Å². The van der Waals surface area contributed by atoms with Crippen molar-refractivity contribution in [1.29, 1.82) is 0 Å². The van der Waals surface area contributed by atoms with Gasteiger partial charge in [-0.25, -0.2) is 0 Å². The second kappa shape index (κ2) is 5.97. The molecular weight excluding hydrogens is 285 g/mol. The van der Waals surface area contributed by atoms with Crippen LogP contribution in [0.25, 0.3) is 0 Å². The molecule has 0 fully saturated rings. The van der Waals surface area contributed by atoms with Crippen LogP contribution >= 0.6 is 23.2 Å². The summed E-state index contributed by atoms with van der Waals surface area (Å²) in [6.45, 7) is 2.57. The van der Waals surface area contributed by atoms with Crippen LogP contribution in [0.3, 0.4) is 0 Å². The largest absolute Gasteiger partial charge is 0.466 e. The number of aliphatic hydroxyl groups is 1. The Labute approximate surface area is 122 Å². The van der Waals surface area contributed by atoms with Crippen molar-refractivity contribution in [2.45, 2.75) is 19.1 Å². The molecule has 0 amide bonds. The fraction of sp³-hybridized carbons (Fsp3) is 0.286. The molecule has 5 heteroatoms. The first-order chi connectivity index (χ1) is 9.00. The number of nitrogens with one attached hydrogen (secondary N) is 1. The summed E-state index contributed by atoms with van der Waals surface area (Å²) in [7, 11) is 0. The van der Waals surface area contributed by atoms with Gasteiger partial charge in [0.2, 0.25) is 0 Å². The van der Waals surface area contributed by atoms with E-state index in [9.17, 15) is 5.11 Å². The second-order valence-corrected chi connectivity index (χ2v) is 5.35. The molecule has 1 heterocycles. The van der Waals surface area contributed by atoms with Crippen molar-refractivity contribution in [3.8, 4) is 0 Å². The highest BCUT2D eigenvalue weighted by molar-refractivity contribution is 6.42. The van der Waals surface area contributed by atoms with Gasteiger partial charge in [-0.2, -0.15) is 0 Å². The van der Waals surface area contributed by atoms with Gasteiger partial charge in [0.25, 0.3) is 0 Å². The molecule has 0 aliphatic heterocycles. The minimum atomic E-state index is -1.06. The monoisotopic (exact) mass is 299 g/mol. The first-order valence-electron chi connectivity index (χ1n) is 5.90. The molecule has 2 rings (SSSR count). The van der Waals surface area contributed by atoms with Crippen molar-refractivity contribution in [3.63, 3.8) is 0 Å². The molecule has 0 spiro atoms. The van der Waals surface area contributed by atoms with E-state index in [1.807, 2.05) is 12.1 Å². The number of hydrogen-bond acceptors (Lipinski definition) is 3. The molecule has 1 unspecified atom stereocenters. The van der Waals surface area contributed by atoms with Crippen LogP contribution in [0, 0.1) is 0 Å². The molecule has 0 bridgehead atoms. The van der Waals surface area contributed by atoms with Crippen LogP contribution in [0.15, 0.2) is 41.0 Å². The topological polar surface area (TPSA) is 45.4 Å². The molecule has 1 aromatic carbocycles. The Kier molecular flexibility index (Phi) is 4.53. The van der Waals surface area contributed by atoms with Crippen molar-refractivity contribution >= 4 is 23.2 Å². The molecular formula is C14H15Cl2NO2. The highest BCUT2D eigenvalue weighted by atomic mass is 35.5. The van der Waals surface area contributed by atoms with Gasteiger partial charge < -0.3 is 14.8 Å². The van der Waals surface area contributed by atoms with E-state index >= 15 is 0 Å². The Morgan fingerprint density at radius 3 is 2.74 bits per heavy atom. The minimum Gasteiger partial charge on any atom is -0.466 e. The fourth-order valence-electron chi connectivity index (χ4n) is 1.80. The van der Waals surface area contributed by atoms with Gasteiger partial charge in [0.05, 0.1) is 16.3 Å². The molecule has 102 valence electrons. The first-order valence-corrected chi connectivity index (χ1v) is 6.66. The molecule has 0 saturated carbocycles. The molecule has 2 N–H and O–H groups in total. The predicted octanol–water partition coefficient (Wildman–Crippen LogP) is 3.58. The Balaban J connectivity index is 1.95. The molecule has 0 aliphatic carbocycles. The van der Waals surface area contributed by atoms with Crippen LogP contribution in [0.4, 0.5) is 0 Å². The molecule has 3 nitrogen and oxygen atoms in total. The van der Waals surface area contributed by atoms with E-state index in [2.05, 4.69) is 5.32 Å². The molecule has 0 saturated heterocycles. The summed E-state index contributed by atoms with van der Waals surface area (Å²) in [4.78, 5) is 0. The third-order valence-electron chi connectivity index (χ3n) is 2.87. The van der Waals surface area contributed by atoms with E-state index in [0.717, 1.165) is 5.56 Å². The van der Waals surface area contributed by atoms with Crippen LogP contribution in [0.5, 0.6) is 0 Å². The smallest absolute Gasteiger partial charge is 0.136 e. The minimum absolute atomic E-state index is 0.351. The lowest BCUT2D eigenvalue weighted by Crippen LogP contribution is -2.34. The normalized spacial score (nSPS) is 14.3. The van der Waals surface area contributed by atoms with E-state index in [0.29, 0.717) is 28.9 Å². The van der Waals surface area contributed by atoms with Crippen molar-refractivity contribution in [2.24, 2.45) is 0 Å². The zero-order chi connectivity index (χ0) is 13.9. The number of furan rings is 1. The van der Waals surface area contributed by atoms with Crippen LogP contribution < -0.4 is 5.32 Å². The summed E-state index contributed by atoms with van der Waals surface area (Å²) in [5.41, 5.74) is -0.168. The molecule has 0 aliphatic rings. The van der Waals surface area contributed by atoms with Crippen molar-refractivity contribution in [1.82, 2.24) is 5.32 Å². The van der Waals surface area contributed by atoms with Gasteiger partial charge in [0.1, 0.15) is 11.4 Å². The van der Waals surface area contributed by atoms with Crippen LogP contribution in [-0.4, -0.2) is 11.7 Å². The number of hydrogen-bond donors (Lipinski definition) is 2. The lowest BCUT2D eigenvalue weighted by atomic mass is 10.0. The Hall–Kier alpha value is -1.00. The van der Waals surface area contributed by atoms with E-state index in [1.54, 1.807) is 25.1 Å². The summed E-state index contributed by atoms with van der Waals surface area (Å²) in [5, 5.41) is 14.5. The third kappa shape index (κ3) is 3.51. The van der Waals surface area contributed by atoms with Gasteiger partial charge >= 0.3 is 0 Å². The van der Waals surface area contributed by atoms with Gasteiger partial charge in [-0.1, -0.05) is 35.3 Å². The van der Waals surface area contributed by atoms with Gasteiger partial charge in [-0.05, 0) is 30.7 Å². The van der Waals surface area contributed by atoms with Crippen LogP contribution in [-0.2, 0) is 12.1 Å². The Morgan fingerprint density at radius 1 is 1.26 bits per heavy atom. The summed E-state index contributed by atoms with van der Waals surface area (Å²) < 4.78 is 5.21. The van der Waals surface area contributed by atoms with Gasteiger partial charge in [-0.15, -0.1) is 0 Å². The molecule has 1 atom stereocenters. The highest BCUT2D eigenvalue weighted by Gasteiger charge is 2.25. The molecule has 19 heavy (non-hydrogen) atoms. The zero-order valence-corrected chi connectivity index (χ0v) is 12.0. The number of halogens is 2. The molecule has 0 radical (unpaired) electrons. The van der Waals surface area contributed by atoms with Crippen molar-refractivity contribution in [3.05, 3.63) is 58.0 Å². The maximum atomic E-state index is 10.3. The van der Waals surface area contributed by atoms with Crippen molar-refractivity contribution in [2.75, 3.05) is 6.54 Å². The number of rotatable bonds is 5. The SMILES string of the molecule is CC(O)(CNCc1cccc(Cl)c1Cl)c1ccco1. The number of benzene rings is 1. The van der Waals surface area contributed by atoms with Gasteiger partial charge in [0.15, 0.2) is 0 Å². The standard InChI is InChI=1S/C14H15Cl2NO2/c1-14(18,12-6-3-7-19-12)9-17-8-10-4-2-5-11(15)13(10)16/h2-7,17-18H,8-9H2,1H3. The maximum Gasteiger partial charge on any atom is 0.136 e. The Bertz CT molecular complexity index is 538. The summed E-state index contributed by atoms with van der Waals surface area (Å²) in [6, 6.07) is 8.97. The highest BCUT2D eigenvalue weighted by Crippen LogP contribution is 2.26. The van der Waals surface area contributed by atoms with Gasteiger partial charge in [0, 0.05) is 13.1 Å². The zero-order valence-electron chi connectivity index (χ0n) is 10.5. The maximum absolute atomic E-state index is 10.3. The average molecular weight is 300 g/mol. The van der Waals surface area contributed by atoms with E-state index < -0.39 is 5.60 Å². The van der Waals surface area contributed by atoms with E-state index in [4.69, 9.17) is 27.6 Å². The molecule has 2 aromatic rings. The third-order valence-corrected chi connectivity index (χ3v) is 3.73. The van der Waals surface area contributed by atoms with Gasteiger partial charge in [-0.3, -0.25) is 0 Å². The Morgan fingerprint density at radius 2 is 2.05 bits per heavy atom. The average Bonchev–Trinajstić information content (AvgIpc) is 2.89. The second-order valence-electron chi connectivity index (χ2n) is 4.57. The van der Waals surface area contributed by atoms with Crippen LogP contribution in [0.1, 0.15) is 18.2 Å². The van der Waals surface area contributed by atoms with Crippen LogP contribution in [0.2, 0.25) is 10.0 Å².